The summed E-state index contributed by atoms with van der Waals surface area (Å²) in [5, 5.41) is 10.1. The zero-order chi connectivity index (χ0) is 17.7. The number of carbonyl (C=O) groups is 2. The topological polar surface area (TPSA) is 64.7 Å². The summed E-state index contributed by atoms with van der Waals surface area (Å²) in [5.74, 6) is -0.00220. The van der Waals surface area contributed by atoms with Crippen LogP contribution in [-0.2, 0) is 9.59 Å². The second kappa shape index (κ2) is 8.25. The van der Waals surface area contributed by atoms with E-state index < -0.39 is 5.54 Å². The maximum Gasteiger partial charge on any atom is 0.253 e. The van der Waals surface area contributed by atoms with Crippen molar-refractivity contribution < 1.29 is 9.59 Å². The van der Waals surface area contributed by atoms with Crippen LogP contribution in [0, 0.1) is 5.92 Å². The molecule has 6 nitrogen and oxygen atoms in total. The van der Waals surface area contributed by atoms with E-state index in [1.165, 1.54) is 25.7 Å². The van der Waals surface area contributed by atoms with Gasteiger partial charge in [-0.1, -0.05) is 32.6 Å². The molecule has 2 amide bonds. The summed E-state index contributed by atoms with van der Waals surface area (Å²) in [6.07, 6.45) is 6.76. The van der Waals surface area contributed by atoms with E-state index in [4.69, 9.17) is 12.2 Å². The van der Waals surface area contributed by atoms with Crippen molar-refractivity contribution >= 4 is 29.1 Å². The van der Waals surface area contributed by atoms with E-state index in [0.29, 0.717) is 11.7 Å². The first-order chi connectivity index (χ1) is 11.4. The van der Waals surface area contributed by atoms with Crippen LogP contribution >= 0.6 is 12.2 Å². The number of hydrogen-bond donors (Lipinski definition) is 2. The monoisotopic (exact) mass is 354 g/mol. The van der Waals surface area contributed by atoms with Gasteiger partial charge in [-0.3, -0.25) is 19.9 Å². The Kier molecular flexibility index (Phi) is 6.57. The lowest BCUT2D eigenvalue weighted by atomic mass is 10.1. The van der Waals surface area contributed by atoms with Crippen molar-refractivity contribution in [1.82, 2.24) is 20.7 Å². The van der Waals surface area contributed by atoms with Gasteiger partial charge in [-0.2, -0.15) is 0 Å². The summed E-state index contributed by atoms with van der Waals surface area (Å²) in [6, 6.07) is 0. The van der Waals surface area contributed by atoms with Gasteiger partial charge in [-0.25, -0.2) is 5.01 Å². The molecule has 1 unspecified atom stereocenters. The smallest absolute Gasteiger partial charge is 0.253 e. The standard InChI is InChI=1S/C17H30N4O2S/c1-4-5-6-7-8-10-18-14(22)13-9-11-20(12-13)21-16(24)19-15(23)17(21,2)3/h13H,4-12H2,1-3H3,(H,18,22)(H,19,23,24). The van der Waals surface area contributed by atoms with E-state index in [-0.39, 0.29) is 17.7 Å². The van der Waals surface area contributed by atoms with Crippen LogP contribution in [0.2, 0.25) is 0 Å². The molecular weight excluding hydrogens is 324 g/mol. The van der Waals surface area contributed by atoms with Crippen molar-refractivity contribution in [2.24, 2.45) is 5.92 Å². The molecule has 7 heteroatoms. The first kappa shape index (κ1) is 19.1. The minimum Gasteiger partial charge on any atom is -0.356 e. The van der Waals surface area contributed by atoms with Crippen LogP contribution < -0.4 is 10.6 Å². The molecule has 0 aliphatic carbocycles. The van der Waals surface area contributed by atoms with E-state index in [1.54, 1.807) is 0 Å². The Bertz CT molecular complexity index is 495. The van der Waals surface area contributed by atoms with Gasteiger partial charge < -0.3 is 5.32 Å². The molecule has 2 saturated heterocycles. The summed E-state index contributed by atoms with van der Waals surface area (Å²) in [7, 11) is 0. The summed E-state index contributed by atoms with van der Waals surface area (Å²) in [6.45, 7) is 8.01. The first-order valence-corrected chi connectivity index (χ1v) is 9.47. The fraction of sp³-hybridized carbons (Fsp3) is 0.824. The lowest BCUT2D eigenvalue weighted by Gasteiger charge is -2.37. The Labute approximate surface area is 150 Å². The van der Waals surface area contributed by atoms with Gasteiger partial charge in [0.1, 0.15) is 5.54 Å². The molecule has 0 radical (unpaired) electrons. The van der Waals surface area contributed by atoms with Crippen molar-refractivity contribution in [3.8, 4) is 0 Å². The molecule has 2 rings (SSSR count). The Morgan fingerprint density at radius 2 is 2.04 bits per heavy atom. The number of nitrogens with one attached hydrogen (secondary N) is 2. The maximum absolute atomic E-state index is 12.3. The SMILES string of the molecule is CCCCCCCNC(=O)C1CCN(N2C(=S)NC(=O)C2(C)C)C1. The average molecular weight is 355 g/mol. The molecule has 0 aromatic rings. The van der Waals surface area contributed by atoms with Crippen molar-refractivity contribution in [3.05, 3.63) is 0 Å². The zero-order valence-corrected chi connectivity index (χ0v) is 15.9. The highest BCUT2D eigenvalue weighted by molar-refractivity contribution is 7.80. The van der Waals surface area contributed by atoms with Gasteiger partial charge in [0.2, 0.25) is 5.91 Å². The number of hydrogen-bond acceptors (Lipinski definition) is 4. The highest BCUT2D eigenvalue weighted by Gasteiger charge is 2.48. The predicted molar refractivity (Wildman–Crippen MR) is 98.1 cm³/mol. The third-order valence-corrected chi connectivity index (χ3v) is 5.17. The molecule has 2 heterocycles. The molecular formula is C17H30N4O2S. The summed E-state index contributed by atoms with van der Waals surface area (Å²) >= 11 is 5.28. The highest BCUT2D eigenvalue weighted by Crippen LogP contribution is 2.28. The molecule has 2 N–H and O–H groups in total. The normalized spacial score (nSPS) is 23.6. The average Bonchev–Trinajstić information content (AvgIpc) is 3.06. The number of thiocarbonyl (C=S) groups is 1. The third kappa shape index (κ3) is 4.25. The molecule has 0 bridgehead atoms. The minimum atomic E-state index is -0.693. The van der Waals surface area contributed by atoms with Crippen molar-refractivity contribution in [3.63, 3.8) is 0 Å². The zero-order valence-electron chi connectivity index (χ0n) is 15.1. The van der Waals surface area contributed by atoms with Crippen LogP contribution in [-0.4, -0.2) is 52.1 Å². The number of unbranched alkanes of at least 4 members (excludes halogenated alkanes) is 4. The number of carbonyl (C=O) groups excluding carboxylic acids is 2. The molecule has 0 saturated carbocycles. The fourth-order valence-electron chi connectivity index (χ4n) is 3.36. The second-order valence-electron chi connectivity index (χ2n) is 7.23. The van der Waals surface area contributed by atoms with Gasteiger partial charge in [-0.05, 0) is 38.9 Å². The van der Waals surface area contributed by atoms with Crippen LogP contribution in [0.3, 0.4) is 0 Å². The van der Waals surface area contributed by atoms with Crippen molar-refractivity contribution in [1.29, 1.82) is 0 Å². The maximum atomic E-state index is 12.3. The summed E-state index contributed by atoms with van der Waals surface area (Å²) in [5.41, 5.74) is -0.693. The minimum absolute atomic E-state index is 0.0325. The Balaban J connectivity index is 1.77. The van der Waals surface area contributed by atoms with Gasteiger partial charge in [-0.15, -0.1) is 0 Å². The number of amides is 2. The molecule has 136 valence electrons. The van der Waals surface area contributed by atoms with Gasteiger partial charge in [0, 0.05) is 19.6 Å². The number of rotatable bonds is 8. The molecule has 2 aliphatic heterocycles. The van der Waals surface area contributed by atoms with Gasteiger partial charge >= 0.3 is 0 Å². The van der Waals surface area contributed by atoms with Crippen molar-refractivity contribution in [2.45, 2.75) is 64.8 Å². The van der Waals surface area contributed by atoms with E-state index in [9.17, 15) is 9.59 Å². The Morgan fingerprint density at radius 1 is 1.33 bits per heavy atom. The molecule has 1 atom stereocenters. The lowest BCUT2D eigenvalue weighted by molar-refractivity contribution is -0.130. The van der Waals surface area contributed by atoms with Gasteiger partial charge in [0.25, 0.3) is 5.91 Å². The summed E-state index contributed by atoms with van der Waals surface area (Å²) in [4.78, 5) is 24.3. The number of hydrazine groups is 1. The largest absolute Gasteiger partial charge is 0.356 e. The summed E-state index contributed by atoms with van der Waals surface area (Å²) < 4.78 is 0. The van der Waals surface area contributed by atoms with Crippen LogP contribution in [0.5, 0.6) is 0 Å². The predicted octanol–water partition coefficient (Wildman–Crippen LogP) is 1.81. The molecule has 2 aliphatic rings. The third-order valence-electron chi connectivity index (χ3n) is 4.90. The molecule has 0 aromatic carbocycles. The van der Waals surface area contributed by atoms with Crippen LogP contribution in [0.1, 0.15) is 59.3 Å². The van der Waals surface area contributed by atoms with E-state index in [2.05, 4.69) is 17.6 Å². The fourth-order valence-corrected chi connectivity index (χ4v) is 3.79. The first-order valence-electron chi connectivity index (χ1n) is 9.06. The Morgan fingerprint density at radius 3 is 2.67 bits per heavy atom. The second-order valence-corrected chi connectivity index (χ2v) is 7.62. The number of nitrogens with zero attached hydrogens (tertiary/aromatic N) is 2. The molecule has 0 spiro atoms. The molecule has 0 aromatic heterocycles. The van der Waals surface area contributed by atoms with Crippen LogP contribution in [0.25, 0.3) is 0 Å². The van der Waals surface area contributed by atoms with E-state index in [1.807, 2.05) is 23.9 Å². The lowest BCUT2D eigenvalue weighted by Crippen LogP contribution is -2.53. The van der Waals surface area contributed by atoms with Crippen LogP contribution in [0.4, 0.5) is 0 Å². The molecule has 2 fully saturated rings. The van der Waals surface area contributed by atoms with Gasteiger partial charge in [0.05, 0.1) is 5.92 Å². The van der Waals surface area contributed by atoms with E-state index in [0.717, 1.165) is 25.9 Å². The molecule has 24 heavy (non-hydrogen) atoms. The van der Waals surface area contributed by atoms with Gasteiger partial charge in [0.15, 0.2) is 5.11 Å². The quantitative estimate of drug-likeness (QED) is 0.514. The van der Waals surface area contributed by atoms with E-state index >= 15 is 0 Å². The van der Waals surface area contributed by atoms with Crippen molar-refractivity contribution in [2.75, 3.05) is 19.6 Å². The highest BCUT2D eigenvalue weighted by atomic mass is 32.1. The van der Waals surface area contributed by atoms with Crippen LogP contribution in [0.15, 0.2) is 0 Å². The Hall–Kier alpha value is -1.21.